The molecule has 216 valence electrons. The number of alkyl halides is 3. The number of nitrogens with zero attached hydrogens (tertiary/aromatic N) is 3. The number of carbonyl (C=O) groups excluding carboxylic acids is 2. The van der Waals surface area contributed by atoms with E-state index in [1.807, 2.05) is 17.0 Å². The number of aromatic nitrogens is 2. The molecule has 0 unspecified atom stereocenters. The third-order valence-corrected chi connectivity index (χ3v) is 6.77. The summed E-state index contributed by atoms with van der Waals surface area (Å²) >= 11 is 0. The van der Waals surface area contributed by atoms with Crippen molar-refractivity contribution in [2.24, 2.45) is 5.92 Å². The highest BCUT2D eigenvalue weighted by Crippen LogP contribution is 2.36. The molecule has 4 rings (SSSR count). The van der Waals surface area contributed by atoms with E-state index in [4.69, 9.17) is 4.74 Å². The maximum absolute atomic E-state index is 13.8. The number of benzene rings is 2. The van der Waals surface area contributed by atoms with E-state index >= 15 is 0 Å². The fraction of sp³-hybridized carbons (Fsp3) is 0.310. The number of rotatable bonds is 9. The van der Waals surface area contributed by atoms with E-state index in [1.54, 1.807) is 31.2 Å². The number of amides is 2. The lowest BCUT2D eigenvalue weighted by atomic mass is 9.90. The van der Waals surface area contributed by atoms with Crippen LogP contribution in [0.1, 0.15) is 30.9 Å². The molecule has 2 amide bonds. The second kappa shape index (κ2) is 12.7. The smallest absolute Gasteiger partial charge is 0.421 e. The summed E-state index contributed by atoms with van der Waals surface area (Å²) in [6, 6.07) is 11.8. The zero-order chi connectivity index (χ0) is 29.6. The van der Waals surface area contributed by atoms with Gasteiger partial charge in [0.1, 0.15) is 17.1 Å². The molecule has 3 aromatic rings. The van der Waals surface area contributed by atoms with E-state index in [9.17, 15) is 22.8 Å². The summed E-state index contributed by atoms with van der Waals surface area (Å²) in [5.74, 6) is 0.0331. The van der Waals surface area contributed by atoms with Crippen molar-refractivity contribution in [2.45, 2.75) is 32.4 Å². The maximum atomic E-state index is 13.8. The number of carbonyl (C=O) groups is 2. The number of ether oxygens (including phenoxy) is 1. The number of nitrogens with one attached hydrogen (secondary N) is 3. The van der Waals surface area contributed by atoms with E-state index in [1.165, 1.54) is 13.2 Å². The van der Waals surface area contributed by atoms with Crippen molar-refractivity contribution in [2.75, 3.05) is 36.1 Å². The molecule has 3 N–H and O–H groups in total. The van der Waals surface area contributed by atoms with Crippen LogP contribution in [0, 0.1) is 5.92 Å². The van der Waals surface area contributed by atoms with Gasteiger partial charge in [0.25, 0.3) is 0 Å². The van der Waals surface area contributed by atoms with Crippen molar-refractivity contribution in [1.29, 1.82) is 0 Å². The molecule has 1 aliphatic heterocycles. The van der Waals surface area contributed by atoms with Gasteiger partial charge in [0.2, 0.25) is 17.8 Å². The largest absolute Gasteiger partial charge is 0.495 e. The van der Waals surface area contributed by atoms with Gasteiger partial charge >= 0.3 is 6.18 Å². The SMILES string of the molecule is C=CC(=O)Nc1cccc(Nc2nc(Nc3ccc(CC4CCN(C(C)=O)CC4)cc3OC)ncc2C(F)(F)F)c1. The van der Waals surface area contributed by atoms with E-state index in [0.29, 0.717) is 29.2 Å². The predicted octanol–water partition coefficient (Wildman–Crippen LogP) is 5.92. The summed E-state index contributed by atoms with van der Waals surface area (Å²) in [6.45, 7) is 6.45. The number of hydrogen-bond acceptors (Lipinski definition) is 7. The van der Waals surface area contributed by atoms with Gasteiger partial charge in [0.15, 0.2) is 0 Å². The van der Waals surface area contributed by atoms with Crippen LogP contribution in [-0.2, 0) is 22.2 Å². The first-order valence-corrected chi connectivity index (χ1v) is 13.0. The van der Waals surface area contributed by atoms with E-state index < -0.39 is 23.5 Å². The minimum Gasteiger partial charge on any atom is -0.495 e. The monoisotopic (exact) mass is 568 g/mol. The molecule has 0 spiro atoms. The van der Waals surface area contributed by atoms with Gasteiger partial charge in [-0.3, -0.25) is 9.59 Å². The number of halogens is 3. The Labute approximate surface area is 235 Å². The highest BCUT2D eigenvalue weighted by atomic mass is 19.4. The first-order valence-electron chi connectivity index (χ1n) is 13.0. The first kappa shape index (κ1) is 29.4. The Morgan fingerprint density at radius 1 is 1.12 bits per heavy atom. The fourth-order valence-electron chi connectivity index (χ4n) is 4.62. The number of likely N-dealkylation sites (tertiary alicyclic amines) is 1. The van der Waals surface area contributed by atoms with Gasteiger partial charge in [0, 0.05) is 37.6 Å². The Kier molecular flexibility index (Phi) is 9.10. The van der Waals surface area contributed by atoms with Gasteiger partial charge in [-0.25, -0.2) is 4.98 Å². The topological polar surface area (TPSA) is 108 Å². The molecule has 1 aliphatic rings. The van der Waals surface area contributed by atoms with Gasteiger partial charge in [-0.15, -0.1) is 0 Å². The van der Waals surface area contributed by atoms with Crippen LogP contribution in [0.25, 0.3) is 0 Å². The van der Waals surface area contributed by atoms with Crippen molar-refractivity contribution < 1.29 is 27.5 Å². The number of hydrogen-bond donors (Lipinski definition) is 3. The van der Waals surface area contributed by atoms with Crippen LogP contribution in [0.4, 0.5) is 42.0 Å². The molecule has 41 heavy (non-hydrogen) atoms. The zero-order valence-corrected chi connectivity index (χ0v) is 22.7. The van der Waals surface area contributed by atoms with E-state index in [2.05, 4.69) is 32.5 Å². The van der Waals surface area contributed by atoms with Crippen LogP contribution in [-0.4, -0.2) is 46.9 Å². The van der Waals surface area contributed by atoms with Gasteiger partial charge in [-0.05, 0) is 67.2 Å². The van der Waals surface area contributed by atoms with Gasteiger partial charge < -0.3 is 25.6 Å². The summed E-state index contributed by atoms with van der Waals surface area (Å²) in [5.41, 5.74) is 1.13. The zero-order valence-electron chi connectivity index (χ0n) is 22.7. The summed E-state index contributed by atoms with van der Waals surface area (Å²) in [5, 5.41) is 8.20. The molecule has 9 nitrogen and oxygen atoms in total. The Hall–Kier alpha value is -4.61. The molecule has 12 heteroatoms. The van der Waals surface area contributed by atoms with E-state index in [0.717, 1.165) is 44.0 Å². The summed E-state index contributed by atoms with van der Waals surface area (Å²) in [4.78, 5) is 33.0. The first-order chi connectivity index (χ1) is 19.5. The minimum absolute atomic E-state index is 0.0701. The van der Waals surface area contributed by atoms with Crippen LogP contribution in [0.5, 0.6) is 5.75 Å². The normalized spacial score (nSPS) is 13.8. The van der Waals surface area contributed by atoms with Gasteiger partial charge in [-0.2, -0.15) is 18.2 Å². The molecule has 1 aromatic heterocycles. The second-order valence-corrected chi connectivity index (χ2v) is 9.67. The highest BCUT2D eigenvalue weighted by Gasteiger charge is 2.35. The summed E-state index contributed by atoms with van der Waals surface area (Å²) in [7, 11) is 1.51. The van der Waals surface area contributed by atoms with Crippen molar-refractivity contribution >= 4 is 40.6 Å². The van der Waals surface area contributed by atoms with Crippen molar-refractivity contribution in [3.05, 3.63) is 72.4 Å². The van der Waals surface area contributed by atoms with Crippen LogP contribution < -0.4 is 20.7 Å². The molecule has 1 saturated heterocycles. The molecule has 2 aromatic carbocycles. The molecular weight excluding hydrogens is 537 g/mol. The Morgan fingerprint density at radius 3 is 2.51 bits per heavy atom. The summed E-state index contributed by atoms with van der Waals surface area (Å²) < 4.78 is 46.9. The second-order valence-electron chi connectivity index (χ2n) is 9.67. The average Bonchev–Trinajstić information content (AvgIpc) is 2.93. The van der Waals surface area contributed by atoms with Crippen LogP contribution in [0.3, 0.4) is 0 Å². The predicted molar refractivity (Wildman–Crippen MR) is 151 cm³/mol. The standard InChI is InChI=1S/C29H31F3N6O3/c1-4-26(40)34-21-6-5-7-22(16-21)35-27-23(29(30,31)32)17-33-28(37-27)36-24-9-8-20(15-25(24)41-3)14-19-10-12-38(13-11-19)18(2)39/h4-9,15-17,19H,1,10-14H2,2-3H3,(H,34,40)(H2,33,35,36,37). The van der Waals surface area contributed by atoms with Crippen LogP contribution in [0.15, 0.2) is 61.3 Å². The third-order valence-electron chi connectivity index (χ3n) is 6.77. The molecule has 0 saturated carbocycles. The molecule has 0 atom stereocenters. The Bertz CT molecular complexity index is 1420. The lowest BCUT2D eigenvalue weighted by Crippen LogP contribution is -2.37. The van der Waals surface area contributed by atoms with Crippen molar-refractivity contribution in [1.82, 2.24) is 14.9 Å². The Morgan fingerprint density at radius 2 is 1.85 bits per heavy atom. The highest BCUT2D eigenvalue weighted by molar-refractivity contribution is 5.99. The lowest BCUT2D eigenvalue weighted by molar-refractivity contribution is -0.137. The minimum atomic E-state index is -4.71. The van der Waals surface area contributed by atoms with Gasteiger partial charge in [0.05, 0.1) is 12.8 Å². The molecule has 1 fully saturated rings. The van der Waals surface area contributed by atoms with Crippen LogP contribution in [0.2, 0.25) is 0 Å². The molecular formula is C29H31F3N6O3. The van der Waals surface area contributed by atoms with Crippen LogP contribution >= 0.6 is 0 Å². The molecule has 0 bridgehead atoms. The fourth-order valence-corrected chi connectivity index (χ4v) is 4.62. The van der Waals surface area contributed by atoms with Gasteiger partial charge in [-0.1, -0.05) is 18.7 Å². The van der Waals surface area contributed by atoms with Crippen molar-refractivity contribution in [3.8, 4) is 5.75 Å². The number of piperidine rings is 1. The Balaban J connectivity index is 1.53. The summed E-state index contributed by atoms with van der Waals surface area (Å²) in [6.07, 6.45) is -0.268. The van der Waals surface area contributed by atoms with Crippen molar-refractivity contribution in [3.63, 3.8) is 0 Å². The maximum Gasteiger partial charge on any atom is 0.421 e. The average molecular weight is 569 g/mol. The molecule has 0 aliphatic carbocycles. The molecule has 2 heterocycles. The number of methoxy groups -OCH3 is 1. The third kappa shape index (κ3) is 7.74. The molecule has 0 radical (unpaired) electrons. The lowest BCUT2D eigenvalue weighted by Gasteiger charge is -2.31. The quantitative estimate of drug-likeness (QED) is 0.275. The van der Waals surface area contributed by atoms with E-state index in [-0.39, 0.29) is 17.5 Å². The number of anilines is 5.